The van der Waals surface area contributed by atoms with E-state index in [1.54, 1.807) is 11.8 Å². The molecule has 0 spiro atoms. The van der Waals surface area contributed by atoms with E-state index in [9.17, 15) is 0 Å². The van der Waals surface area contributed by atoms with E-state index in [0.717, 1.165) is 24.5 Å². The summed E-state index contributed by atoms with van der Waals surface area (Å²) in [7, 11) is 0. The monoisotopic (exact) mass is 248 g/mol. The Labute approximate surface area is 105 Å². The molecule has 0 N–H and O–H groups in total. The molecular formula is C12H16N4S. The van der Waals surface area contributed by atoms with Gasteiger partial charge in [0.05, 0.1) is 5.75 Å². The first-order valence-electron chi connectivity index (χ1n) is 5.74. The molecule has 17 heavy (non-hydrogen) atoms. The van der Waals surface area contributed by atoms with Crippen molar-refractivity contribution < 1.29 is 0 Å². The third-order valence-electron chi connectivity index (χ3n) is 2.43. The zero-order valence-corrected chi connectivity index (χ0v) is 10.9. The number of aromatic nitrogens is 4. The van der Waals surface area contributed by atoms with Crippen LogP contribution >= 0.6 is 11.8 Å². The van der Waals surface area contributed by atoms with Crippen LogP contribution in [0, 0.1) is 6.92 Å². The second-order valence-corrected chi connectivity index (χ2v) is 4.97. The number of hydrogen-bond acceptors (Lipinski definition) is 4. The maximum atomic E-state index is 4.05. The SMILES string of the molecule is CCCn1nnnc1CSc1ccc(C)cc1. The van der Waals surface area contributed by atoms with Crippen LogP contribution in [0.5, 0.6) is 0 Å². The highest BCUT2D eigenvalue weighted by atomic mass is 32.2. The van der Waals surface area contributed by atoms with Gasteiger partial charge in [0.2, 0.25) is 0 Å². The Kier molecular flexibility index (Phi) is 4.14. The largest absolute Gasteiger partial charge is 0.229 e. The van der Waals surface area contributed by atoms with Crippen molar-refractivity contribution in [1.29, 1.82) is 0 Å². The normalized spacial score (nSPS) is 10.7. The maximum Gasteiger partial charge on any atom is 0.161 e. The van der Waals surface area contributed by atoms with Gasteiger partial charge in [-0.1, -0.05) is 24.6 Å². The Balaban J connectivity index is 1.97. The molecule has 0 bridgehead atoms. The van der Waals surface area contributed by atoms with E-state index in [0.29, 0.717) is 0 Å². The number of tetrazole rings is 1. The molecule has 5 heteroatoms. The zero-order chi connectivity index (χ0) is 12.1. The molecule has 2 rings (SSSR count). The van der Waals surface area contributed by atoms with Gasteiger partial charge in [0.1, 0.15) is 0 Å². The molecule has 0 aliphatic rings. The molecule has 0 radical (unpaired) electrons. The van der Waals surface area contributed by atoms with E-state index in [1.165, 1.54) is 10.5 Å². The van der Waals surface area contributed by atoms with Gasteiger partial charge in [0, 0.05) is 11.4 Å². The molecule has 1 aromatic heterocycles. The molecule has 0 saturated heterocycles. The van der Waals surface area contributed by atoms with E-state index in [4.69, 9.17) is 0 Å². The number of aryl methyl sites for hydroxylation is 2. The minimum atomic E-state index is 0.816. The smallest absolute Gasteiger partial charge is 0.161 e. The molecule has 4 nitrogen and oxygen atoms in total. The lowest BCUT2D eigenvalue weighted by Crippen LogP contribution is -2.04. The summed E-state index contributed by atoms with van der Waals surface area (Å²) >= 11 is 1.76. The molecular weight excluding hydrogens is 232 g/mol. The molecule has 2 aromatic rings. The number of thioether (sulfide) groups is 1. The van der Waals surface area contributed by atoms with Crippen molar-refractivity contribution in [2.24, 2.45) is 0 Å². The Morgan fingerprint density at radius 3 is 2.71 bits per heavy atom. The van der Waals surface area contributed by atoms with Crippen LogP contribution < -0.4 is 0 Å². The number of hydrogen-bond donors (Lipinski definition) is 0. The summed E-state index contributed by atoms with van der Waals surface area (Å²) in [5, 5.41) is 11.7. The van der Waals surface area contributed by atoms with E-state index in [2.05, 4.69) is 53.6 Å². The Morgan fingerprint density at radius 1 is 1.24 bits per heavy atom. The molecule has 0 fully saturated rings. The lowest BCUT2D eigenvalue weighted by atomic mass is 10.2. The third kappa shape index (κ3) is 3.30. The zero-order valence-electron chi connectivity index (χ0n) is 10.1. The average Bonchev–Trinajstić information content (AvgIpc) is 2.77. The van der Waals surface area contributed by atoms with Crippen molar-refractivity contribution in [2.75, 3.05) is 0 Å². The molecule has 90 valence electrons. The summed E-state index contributed by atoms with van der Waals surface area (Å²) in [5.41, 5.74) is 1.28. The van der Waals surface area contributed by atoms with Crippen molar-refractivity contribution in [2.45, 2.75) is 37.5 Å². The van der Waals surface area contributed by atoms with Crippen LogP contribution in [0.3, 0.4) is 0 Å². The minimum absolute atomic E-state index is 0.816. The number of rotatable bonds is 5. The van der Waals surface area contributed by atoms with Gasteiger partial charge in [-0.2, -0.15) is 0 Å². The minimum Gasteiger partial charge on any atom is -0.229 e. The summed E-state index contributed by atoms with van der Waals surface area (Å²) in [4.78, 5) is 1.25. The molecule has 0 saturated carbocycles. The van der Waals surface area contributed by atoms with Crippen LogP contribution in [0.15, 0.2) is 29.2 Å². The van der Waals surface area contributed by atoms with Gasteiger partial charge < -0.3 is 0 Å². The van der Waals surface area contributed by atoms with Crippen LogP contribution in [0.2, 0.25) is 0 Å². The van der Waals surface area contributed by atoms with E-state index < -0.39 is 0 Å². The standard InChI is InChI=1S/C12H16N4S/c1-3-8-16-12(13-14-15-16)9-17-11-6-4-10(2)5-7-11/h4-7H,3,8-9H2,1-2H3. The summed E-state index contributed by atoms with van der Waals surface area (Å²) in [5.74, 6) is 1.76. The highest BCUT2D eigenvalue weighted by Gasteiger charge is 2.05. The summed E-state index contributed by atoms with van der Waals surface area (Å²) in [6.45, 7) is 5.10. The van der Waals surface area contributed by atoms with Gasteiger partial charge in [-0.3, -0.25) is 0 Å². The van der Waals surface area contributed by atoms with E-state index in [1.807, 2.05) is 4.68 Å². The Morgan fingerprint density at radius 2 is 2.00 bits per heavy atom. The van der Waals surface area contributed by atoms with Gasteiger partial charge in [-0.05, 0) is 35.9 Å². The van der Waals surface area contributed by atoms with Crippen LogP contribution in [-0.4, -0.2) is 20.2 Å². The fraction of sp³-hybridized carbons (Fsp3) is 0.417. The molecule has 0 atom stereocenters. The van der Waals surface area contributed by atoms with Crippen LogP contribution in [0.1, 0.15) is 24.7 Å². The van der Waals surface area contributed by atoms with Crippen LogP contribution in [0.25, 0.3) is 0 Å². The molecule has 1 aromatic carbocycles. The fourth-order valence-electron chi connectivity index (χ4n) is 1.49. The predicted octanol–water partition coefficient (Wildman–Crippen LogP) is 2.68. The van der Waals surface area contributed by atoms with Crippen LogP contribution in [-0.2, 0) is 12.3 Å². The molecule has 0 amide bonds. The van der Waals surface area contributed by atoms with Crippen molar-refractivity contribution in [3.8, 4) is 0 Å². The lowest BCUT2D eigenvalue weighted by molar-refractivity contribution is 0.564. The van der Waals surface area contributed by atoms with Gasteiger partial charge in [-0.25, -0.2) is 4.68 Å². The third-order valence-corrected chi connectivity index (χ3v) is 3.44. The highest BCUT2D eigenvalue weighted by molar-refractivity contribution is 7.98. The van der Waals surface area contributed by atoms with Crippen molar-refractivity contribution in [3.05, 3.63) is 35.7 Å². The maximum absolute atomic E-state index is 4.05. The van der Waals surface area contributed by atoms with Crippen molar-refractivity contribution >= 4 is 11.8 Å². The predicted molar refractivity (Wildman–Crippen MR) is 68.8 cm³/mol. The first kappa shape index (κ1) is 12.1. The molecule has 0 unspecified atom stereocenters. The second kappa shape index (κ2) is 5.82. The fourth-order valence-corrected chi connectivity index (χ4v) is 2.33. The summed E-state index contributed by atoms with van der Waals surface area (Å²) in [6, 6.07) is 8.51. The number of nitrogens with zero attached hydrogens (tertiary/aromatic N) is 4. The molecule has 0 aliphatic carbocycles. The van der Waals surface area contributed by atoms with Crippen molar-refractivity contribution in [3.63, 3.8) is 0 Å². The summed E-state index contributed by atoms with van der Waals surface area (Å²) < 4.78 is 1.88. The average molecular weight is 248 g/mol. The van der Waals surface area contributed by atoms with E-state index >= 15 is 0 Å². The quantitative estimate of drug-likeness (QED) is 0.763. The number of benzene rings is 1. The van der Waals surface area contributed by atoms with Crippen LogP contribution in [0.4, 0.5) is 0 Å². The first-order chi connectivity index (χ1) is 8.29. The van der Waals surface area contributed by atoms with Gasteiger partial charge in [-0.15, -0.1) is 16.9 Å². The van der Waals surface area contributed by atoms with Gasteiger partial charge in [0.15, 0.2) is 5.82 Å². The molecule has 1 heterocycles. The topological polar surface area (TPSA) is 43.6 Å². The van der Waals surface area contributed by atoms with E-state index in [-0.39, 0.29) is 0 Å². The van der Waals surface area contributed by atoms with Gasteiger partial charge in [0.25, 0.3) is 0 Å². The first-order valence-corrected chi connectivity index (χ1v) is 6.72. The summed E-state index contributed by atoms with van der Waals surface area (Å²) in [6.07, 6.45) is 1.05. The van der Waals surface area contributed by atoms with Crippen molar-refractivity contribution in [1.82, 2.24) is 20.2 Å². The highest BCUT2D eigenvalue weighted by Crippen LogP contribution is 2.21. The molecule has 0 aliphatic heterocycles. The second-order valence-electron chi connectivity index (χ2n) is 3.92. The lowest BCUT2D eigenvalue weighted by Gasteiger charge is -2.03. The Hall–Kier alpha value is -1.36. The Bertz CT molecular complexity index is 464. The van der Waals surface area contributed by atoms with Gasteiger partial charge >= 0.3 is 0 Å².